The fourth-order valence-electron chi connectivity index (χ4n) is 0. The minimum atomic E-state index is 0. The average Bonchev–Trinajstić information content (AvgIpc) is 0. The zero-order chi connectivity index (χ0) is 0. The fraction of sp³-hybridized carbons (Fsp3) is 0. The van der Waals surface area contributed by atoms with Crippen molar-refractivity contribution in [2.45, 2.75) is 0 Å². The first-order valence-electron chi connectivity index (χ1n) is 0. The molecule has 0 aliphatic carbocycles. The molecule has 0 heterocycles. The van der Waals surface area contributed by atoms with Gasteiger partial charge in [0.15, 0.2) is 0 Å². The molecule has 0 saturated carbocycles. The Morgan fingerprint density at radius 3 is 1.00 bits per heavy atom. The Morgan fingerprint density at radius 1 is 1.00 bits per heavy atom. The van der Waals surface area contributed by atoms with Crippen molar-refractivity contribution in [3.8, 4) is 0 Å². The average molecular weight is 554 g/mol. The van der Waals surface area contributed by atoms with Crippen LogP contribution in [0.3, 0.4) is 0 Å². The van der Waals surface area contributed by atoms with Crippen LogP contribution in [0, 0.1) is 75.0 Å². The molecule has 0 rings (SSSR count). The molecule has 0 unspecified atom stereocenters. The van der Waals surface area contributed by atoms with Crippen molar-refractivity contribution < 1.29 is 95.2 Å². The molecule has 0 aromatic carbocycles. The molecular weight excluding hydrogens is 551 g/mol. The molecule has 0 atom stereocenters. The first-order chi connectivity index (χ1) is 0. The van der Waals surface area contributed by atoms with E-state index in [-0.39, 0.29) is 120 Å². The van der Waals surface area contributed by atoms with E-state index in [9.17, 15) is 0 Å². The maximum absolute atomic E-state index is 0. The van der Waals surface area contributed by atoms with Crippen molar-refractivity contribution >= 4 is 24.4 Å². The molecule has 4 heteroatoms. The van der Waals surface area contributed by atoms with E-state index in [1.54, 1.807) is 0 Å². The first-order valence-corrected chi connectivity index (χ1v) is 0. The van der Waals surface area contributed by atoms with Crippen LogP contribution in [-0.4, -0.2) is 24.4 Å². The first kappa shape index (κ1) is 24.6. The summed E-state index contributed by atoms with van der Waals surface area (Å²) in [5.41, 5.74) is 0. The Kier molecular flexibility index (Phi) is 96.8. The topological polar surface area (TPSA) is 0 Å². The summed E-state index contributed by atoms with van der Waals surface area (Å²) in [6, 6.07) is 0. The Morgan fingerprint density at radius 2 is 1.00 bits per heavy atom. The third kappa shape index (κ3) is 9.36. The molecule has 0 amide bonds. The van der Waals surface area contributed by atoms with E-state index in [0.29, 0.717) is 0 Å². The molecule has 0 spiro atoms. The molecule has 0 bridgehead atoms. The van der Waals surface area contributed by atoms with Crippen LogP contribution in [0.5, 0.6) is 0 Å². The quantitative estimate of drug-likeness (QED) is 0.331. The fourth-order valence-corrected chi connectivity index (χ4v) is 0. The summed E-state index contributed by atoms with van der Waals surface area (Å²) in [5.74, 6) is 0. The summed E-state index contributed by atoms with van der Waals surface area (Å²) in [6.45, 7) is 0. The van der Waals surface area contributed by atoms with Crippen LogP contribution in [0.1, 0.15) is 0 Å². The van der Waals surface area contributed by atoms with Gasteiger partial charge in [-0.15, -0.1) is 0 Å². The zero-order valence-electron chi connectivity index (χ0n) is 1.68. The van der Waals surface area contributed by atoms with Gasteiger partial charge in [-0.1, -0.05) is 0 Å². The van der Waals surface area contributed by atoms with Gasteiger partial charge in [0, 0.05) is 95.2 Å². The monoisotopic (exact) mass is 554 g/mol. The van der Waals surface area contributed by atoms with Gasteiger partial charge in [-0.2, -0.15) is 0 Å². The maximum atomic E-state index is 0. The van der Waals surface area contributed by atoms with Crippen molar-refractivity contribution in [1.82, 2.24) is 0 Å². The Balaban J connectivity index is 0. The summed E-state index contributed by atoms with van der Waals surface area (Å²) in [7, 11) is 0. The van der Waals surface area contributed by atoms with Gasteiger partial charge < -0.3 is 0 Å². The van der Waals surface area contributed by atoms with Crippen molar-refractivity contribution in [1.29, 1.82) is 0 Å². The molecule has 4 heavy (non-hydrogen) atoms. The summed E-state index contributed by atoms with van der Waals surface area (Å²) >= 11 is 0. The molecule has 0 N–H and O–H groups in total. The van der Waals surface area contributed by atoms with Gasteiger partial charge in [-0.3, -0.25) is 0 Å². The summed E-state index contributed by atoms with van der Waals surface area (Å²) in [4.78, 5) is 0. The van der Waals surface area contributed by atoms with Gasteiger partial charge in [0.05, 0.1) is 0 Å². The molecule has 0 aliphatic heterocycles. The van der Waals surface area contributed by atoms with Crippen molar-refractivity contribution in [3.63, 3.8) is 0 Å². The molecule has 0 nitrogen and oxygen atoms in total. The Bertz CT molecular complexity index is 8.00. The SMILES string of the molecule is [Dy].[SbH3].[Tc].[Tm]. The van der Waals surface area contributed by atoms with Gasteiger partial charge in [0.25, 0.3) is 0 Å². The number of hydrogen-bond acceptors (Lipinski definition) is 0. The maximum Gasteiger partial charge on any atom is 0 e. The summed E-state index contributed by atoms with van der Waals surface area (Å²) < 4.78 is 0. The zero-order valence-corrected chi connectivity index (χ0v) is 11.4. The predicted molar refractivity (Wildman–Crippen MR) is 9.94 cm³/mol. The van der Waals surface area contributed by atoms with Crippen molar-refractivity contribution in [2.24, 2.45) is 0 Å². The van der Waals surface area contributed by atoms with Crippen LogP contribution in [0.2, 0.25) is 0 Å². The molecule has 2 radical (unpaired) electrons. The van der Waals surface area contributed by atoms with Crippen LogP contribution in [0.4, 0.5) is 0 Å². The molecule has 38 valence electrons. The van der Waals surface area contributed by atoms with Crippen molar-refractivity contribution in [2.75, 3.05) is 0 Å². The van der Waals surface area contributed by atoms with Gasteiger partial charge >= 0.3 is 24.4 Å². The number of hydrogen-bond donors (Lipinski definition) is 0. The molecule has 0 aliphatic rings. The van der Waals surface area contributed by atoms with E-state index in [2.05, 4.69) is 0 Å². The van der Waals surface area contributed by atoms with Crippen molar-refractivity contribution in [3.05, 3.63) is 0 Å². The van der Waals surface area contributed by atoms with Gasteiger partial charge in [-0.25, -0.2) is 0 Å². The van der Waals surface area contributed by atoms with E-state index < -0.39 is 0 Å². The molecule has 0 fully saturated rings. The van der Waals surface area contributed by atoms with Crippen LogP contribution in [0.25, 0.3) is 0 Å². The van der Waals surface area contributed by atoms with E-state index in [1.807, 2.05) is 0 Å². The second-order valence-corrected chi connectivity index (χ2v) is 0. The van der Waals surface area contributed by atoms with Crippen LogP contribution in [0.15, 0.2) is 0 Å². The van der Waals surface area contributed by atoms with Gasteiger partial charge in [0.1, 0.15) is 0 Å². The molecule has 0 saturated heterocycles. The third-order valence-corrected chi connectivity index (χ3v) is 0. The molecular formula is H3DySbTcTm. The predicted octanol–water partition coefficient (Wildman–Crippen LogP) is -1.19. The smallest absolute Gasteiger partial charge is 0 e. The summed E-state index contributed by atoms with van der Waals surface area (Å²) in [5, 5.41) is 0. The normalized spacial score (nSPS) is 0. The number of rotatable bonds is 0. The minimum Gasteiger partial charge on any atom is 0 e. The van der Waals surface area contributed by atoms with E-state index in [0.717, 1.165) is 0 Å². The van der Waals surface area contributed by atoms with E-state index in [1.165, 1.54) is 0 Å². The van der Waals surface area contributed by atoms with E-state index >= 15 is 0 Å². The van der Waals surface area contributed by atoms with Gasteiger partial charge in [-0.05, 0) is 0 Å². The van der Waals surface area contributed by atoms with Crippen LogP contribution < -0.4 is 0 Å². The second-order valence-electron chi connectivity index (χ2n) is 0. The molecule has 0 aromatic rings. The second kappa shape index (κ2) is 15.8. The van der Waals surface area contributed by atoms with Crippen LogP contribution in [-0.2, 0) is 20.1 Å². The standard InChI is InChI=1S/Dy.Sb.Tc.Tm.3H. The Hall–Kier alpha value is 3.97. The molecule has 0 aromatic heterocycles. The summed E-state index contributed by atoms with van der Waals surface area (Å²) in [6.07, 6.45) is 0. The van der Waals surface area contributed by atoms with Crippen LogP contribution >= 0.6 is 0 Å². The third-order valence-electron chi connectivity index (χ3n) is 0. The Labute approximate surface area is 116 Å². The van der Waals surface area contributed by atoms with Gasteiger partial charge in [0.2, 0.25) is 0 Å². The minimum absolute atomic E-state index is 0. The van der Waals surface area contributed by atoms with E-state index in [4.69, 9.17) is 0 Å². The largest absolute Gasteiger partial charge is 0 e.